The van der Waals surface area contributed by atoms with E-state index in [1.165, 1.54) is 0 Å². The van der Waals surface area contributed by atoms with Crippen LogP contribution in [-0.2, 0) is 14.3 Å². The van der Waals surface area contributed by atoms with Gasteiger partial charge >= 0.3 is 0 Å². The monoisotopic (exact) mass is 440 g/mol. The Morgan fingerprint density at radius 1 is 1.16 bits per heavy atom. The van der Waals surface area contributed by atoms with E-state index in [1.54, 1.807) is 9.80 Å². The number of amides is 2. The summed E-state index contributed by atoms with van der Waals surface area (Å²) in [5.74, 6) is 2.14. The Labute approximate surface area is 186 Å². The van der Waals surface area contributed by atoms with Crippen LogP contribution >= 0.6 is 0 Å². The zero-order valence-corrected chi connectivity index (χ0v) is 18.1. The van der Waals surface area contributed by atoms with E-state index in [1.807, 2.05) is 24.3 Å². The summed E-state index contributed by atoms with van der Waals surface area (Å²) in [7, 11) is 0. The Morgan fingerprint density at radius 2 is 2.00 bits per heavy atom. The van der Waals surface area contributed by atoms with Gasteiger partial charge in [0.15, 0.2) is 5.82 Å². The fourth-order valence-electron chi connectivity index (χ4n) is 4.58. The van der Waals surface area contributed by atoms with Gasteiger partial charge in [0, 0.05) is 45.1 Å². The Morgan fingerprint density at radius 3 is 2.81 bits per heavy atom. The largest absolute Gasteiger partial charge is 0.488 e. The molecule has 1 atom stereocenters. The molecule has 3 fully saturated rings. The molecular formula is C23H28N4O5. The predicted molar refractivity (Wildman–Crippen MR) is 114 cm³/mol. The molecule has 1 aromatic heterocycles. The second-order valence-corrected chi connectivity index (χ2v) is 8.63. The number of carbonyl (C=O) groups excluding carboxylic acids is 2. The van der Waals surface area contributed by atoms with Gasteiger partial charge in [-0.25, -0.2) is 0 Å². The number of rotatable bonds is 6. The van der Waals surface area contributed by atoms with E-state index in [0.717, 1.165) is 44.5 Å². The molecule has 0 saturated carbocycles. The standard InChI is InChI=1S/C23H28N4O5/c28-20-6-3-10-26(20)15-21(29)27-11-7-17(14-27)31-19-5-2-1-4-18(19)23-24-22(25-32-23)16-8-12-30-13-9-16/h1-2,4-5,16-17H,3,6-15H2. The molecular weight excluding hydrogens is 412 g/mol. The van der Waals surface area contributed by atoms with Crippen LogP contribution in [0.2, 0.25) is 0 Å². The van der Waals surface area contributed by atoms with Crippen LogP contribution < -0.4 is 4.74 Å². The molecule has 1 aromatic carbocycles. The Hall–Kier alpha value is -2.94. The molecule has 4 heterocycles. The predicted octanol–water partition coefficient (Wildman–Crippen LogP) is 2.23. The minimum absolute atomic E-state index is 0.0161. The van der Waals surface area contributed by atoms with Gasteiger partial charge in [-0.1, -0.05) is 17.3 Å². The van der Waals surface area contributed by atoms with Gasteiger partial charge in [-0.05, 0) is 31.4 Å². The van der Waals surface area contributed by atoms with Crippen LogP contribution in [0.4, 0.5) is 0 Å². The molecule has 5 rings (SSSR count). The van der Waals surface area contributed by atoms with E-state index < -0.39 is 0 Å². The lowest BCUT2D eigenvalue weighted by molar-refractivity contribution is -0.137. The van der Waals surface area contributed by atoms with E-state index >= 15 is 0 Å². The van der Waals surface area contributed by atoms with Crippen molar-refractivity contribution in [3.05, 3.63) is 30.1 Å². The van der Waals surface area contributed by atoms with Gasteiger partial charge in [0.05, 0.1) is 18.7 Å². The van der Waals surface area contributed by atoms with Gasteiger partial charge in [0.2, 0.25) is 11.8 Å². The average molecular weight is 441 g/mol. The molecule has 32 heavy (non-hydrogen) atoms. The lowest BCUT2D eigenvalue weighted by Gasteiger charge is -2.21. The maximum atomic E-state index is 12.6. The average Bonchev–Trinajstić information content (AvgIpc) is 3.57. The van der Waals surface area contributed by atoms with E-state index in [-0.39, 0.29) is 30.4 Å². The summed E-state index contributed by atoms with van der Waals surface area (Å²) in [5, 5.41) is 4.20. The summed E-state index contributed by atoms with van der Waals surface area (Å²) in [6, 6.07) is 7.62. The first-order valence-corrected chi connectivity index (χ1v) is 11.4. The fourth-order valence-corrected chi connectivity index (χ4v) is 4.58. The highest BCUT2D eigenvalue weighted by Crippen LogP contribution is 2.33. The van der Waals surface area contributed by atoms with E-state index in [9.17, 15) is 9.59 Å². The summed E-state index contributed by atoms with van der Waals surface area (Å²) >= 11 is 0. The van der Waals surface area contributed by atoms with Crippen LogP contribution in [0.15, 0.2) is 28.8 Å². The number of ether oxygens (including phenoxy) is 2. The first-order chi connectivity index (χ1) is 15.7. The molecule has 3 aliphatic heterocycles. The zero-order valence-electron chi connectivity index (χ0n) is 18.1. The minimum atomic E-state index is -0.118. The highest BCUT2D eigenvalue weighted by atomic mass is 16.5. The third-order valence-corrected chi connectivity index (χ3v) is 6.43. The van der Waals surface area contributed by atoms with Crippen molar-refractivity contribution < 1.29 is 23.6 Å². The summed E-state index contributed by atoms with van der Waals surface area (Å²) in [6.45, 7) is 3.41. The smallest absolute Gasteiger partial charge is 0.261 e. The molecule has 2 amide bonds. The number of aromatic nitrogens is 2. The maximum Gasteiger partial charge on any atom is 0.261 e. The van der Waals surface area contributed by atoms with Crippen molar-refractivity contribution in [1.82, 2.24) is 19.9 Å². The maximum absolute atomic E-state index is 12.6. The first-order valence-electron chi connectivity index (χ1n) is 11.4. The van der Waals surface area contributed by atoms with Crippen LogP contribution in [-0.4, -0.2) is 77.3 Å². The number of benzene rings is 1. The highest BCUT2D eigenvalue weighted by molar-refractivity contribution is 5.86. The molecule has 9 heteroatoms. The van der Waals surface area contributed by atoms with E-state index in [0.29, 0.717) is 43.5 Å². The van der Waals surface area contributed by atoms with Gasteiger partial charge in [-0.15, -0.1) is 0 Å². The highest BCUT2D eigenvalue weighted by Gasteiger charge is 2.31. The van der Waals surface area contributed by atoms with Gasteiger partial charge in [-0.2, -0.15) is 4.98 Å². The normalized spacial score (nSPS) is 22.0. The molecule has 3 aliphatic rings. The third kappa shape index (κ3) is 4.48. The summed E-state index contributed by atoms with van der Waals surface area (Å²) in [5.41, 5.74) is 0.755. The molecule has 9 nitrogen and oxygen atoms in total. The van der Waals surface area contributed by atoms with Crippen molar-refractivity contribution in [1.29, 1.82) is 0 Å². The molecule has 0 bridgehead atoms. The van der Waals surface area contributed by atoms with Gasteiger partial charge in [0.1, 0.15) is 11.9 Å². The topological polar surface area (TPSA) is 98.0 Å². The second-order valence-electron chi connectivity index (χ2n) is 8.63. The summed E-state index contributed by atoms with van der Waals surface area (Å²) in [4.78, 5) is 32.5. The van der Waals surface area contributed by atoms with Crippen LogP contribution in [0.5, 0.6) is 5.75 Å². The molecule has 1 unspecified atom stereocenters. The van der Waals surface area contributed by atoms with Crippen molar-refractivity contribution >= 4 is 11.8 Å². The number of para-hydroxylation sites is 1. The van der Waals surface area contributed by atoms with Crippen molar-refractivity contribution in [2.75, 3.05) is 39.4 Å². The molecule has 0 N–H and O–H groups in total. The number of carbonyl (C=O) groups is 2. The van der Waals surface area contributed by atoms with Gasteiger partial charge < -0.3 is 23.8 Å². The van der Waals surface area contributed by atoms with Crippen molar-refractivity contribution in [2.24, 2.45) is 0 Å². The number of hydrogen-bond acceptors (Lipinski definition) is 7. The van der Waals surface area contributed by atoms with Crippen molar-refractivity contribution in [2.45, 2.75) is 44.1 Å². The third-order valence-electron chi connectivity index (χ3n) is 6.43. The van der Waals surface area contributed by atoms with Crippen molar-refractivity contribution in [3.63, 3.8) is 0 Å². The van der Waals surface area contributed by atoms with Crippen LogP contribution in [0, 0.1) is 0 Å². The van der Waals surface area contributed by atoms with Crippen molar-refractivity contribution in [3.8, 4) is 17.2 Å². The van der Waals surface area contributed by atoms with E-state index in [4.69, 9.17) is 14.0 Å². The number of likely N-dealkylation sites (tertiary alicyclic amines) is 2. The SMILES string of the molecule is O=C1CCCN1CC(=O)N1CCC(Oc2ccccc2-c2nc(C3CCOCC3)no2)C1. The number of nitrogens with zero attached hydrogens (tertiary/aromatic N) is 4. The zero-order chi connectivity index (χ0) is 21.9. The van der Waals surface area contributed by atoms with E-state index in [2.05, 4.69) is 10.1 Å². The van der Waals surface area contributed by atoms with Crippen LogP contribution in [0.1, 0.15) is 43.8 Å². The number of hydrogen-bond donors (Lipinski definition) is 0. The summed E-state index contributed by atoms with van der Waals surface area (Å²) < 4.78 is 17.3. The molecule has 0 aliphatic carbocycles. The minimum Gasteiger partial charge on any atom is -0.488 e. The first kappa shape index (κ1) is 20.9. The molecule has 0 spiro atoms. The molecule has 170 valence electrons. The molecule has 3 saturated heterocycles. The van der Waals surface area contributed by atoms with Crippen LogP contribution in [0.25, 0.3) is 11.5 Å². The lowest BCUT2D eigenvalue weighted by atomic mass is 10.00. The van der Waals surface area contributed by atoms with Crippen LogP contribution in [0.3, 0.4) is 0 Å². The second kappa shape index (κ2) is 9.28. The quantitative estimate of drug-likeness (QED) is 0.679. The van der Waals surface area contributed by atoms with Gasteiger partial charge in [-0.3, -0.25) is 9.59 Å². The Kier molecular flexibility index (Phi) is 6.07. The fraction of sp³-hybridized carbons (Fsp3) is 0.565. The summed E-state index contributed by atoms with van der Waals surface area (Å²) in [6.07, 6.45) is 3.79. The lowest BCUT2D eigenvalue weighted by Crippen LogP contribution is -2.40. The Balaban J connectivity index is 1.23. The Bertz CT molecular complexity index is 971. The molecule has 0 radical (unpaired) electrons. The van der Waals surface area contributed by atoms with Gasteiger partial charge in [0.25, 0.3) is 5.89 Å². The molecule has 2 aromatic rings.